The number of aryl methyl sites for hydroxylation is 1. The lowest BCUT2D eigenvalue weighted by atomic mass is 10.1. The van der Waals surface area contributed by atoms with Crippen LogP contribution in [0, 0.1) is 0 Å². The van der Waals surface area contributed by atoms with E-state index < -0.39 is 19.0 Å². The highest BCUT2D eigenvalue weighted by Crippen LogP contribution is 2.27. The average Bonchev–Trinajstić information content (AvgIpc) is 3.33. The van der Waals surface area contributed by atoms with Crippen LogP contribution in [0.3, 0.4) is 0 Å². The van der Waals surface area contributed by atoms with Gasteiger partial charge in [-0.25, -0.2) is 13.9 Å². The maximum absolute atomic E-state index is 12.0. The van der Waals surface area contributed by atoms with Crippen molar-refractivity contribution in [1.29, 1.82) is 0 Å². The fraction of sp³-hybridized carbons (Fsp3) is 0.421. The normalized spacial score (nSPS) is 17.6. The summed E-state index contributed by atoms with van der Waals surface area (Å²) in [5.74, 6) is -0.973. The van der Waals surface area contributed by atoms with Crippen molar-refractivity contribution < 1.29 is 45.7 Å². The van der Waals surface area contributed by atoms with E-state index in [0.717, 1.165) is 0 Å². The van der Waals surface area contributed by atoms with E-state index in [0.29, 0.717) is 18.9 Å². The molecule has 0 bridgehead atoms. The van der Waals surface area contributed by atoms with Crippen molar-refractivity contribution >= 4 is 18.9 Å². The van der Waals surface area contributed by atoms with Crippen LogP contribution in [0.5, 0.6) is 5.75 Å². The maximum Gasteiger partial charge on any atom is 0.673 e. The Balaban J connectivity index is 0.000000654. The number of carbonyl (C=O) groups is 1. The van der Waals surface area contributed by atoms with Gasteiger partial charge in [0, 0.05) is 0 Å². The van der Waals surface area contributed by atoms with Crippen molar-refractivity contribution in [3.8, 4) is 5.75 Å². The summed E-state index contributed by atoms with van der Waals surface area (Å²) in [7, 11) is -4.05. The molecule has 0 saturated heterocycles. The molecule has 1 unspecified atom stereocenters. The minimum Gasteiger partial charge on any atom is -0.487 e. The largest absolute Gasteiger partial charge is 0.673 e. The minimum atomic E-state index is -6.00. The number of hydrogen-bond donors (Lipinski definition) is 0. The number of carbonyl (C=O) groups excluding carboxylic acids is 1. The van der Waals surface area contributed by atoms with Crippen LogP contribution in [0.4, 0.5) is 17.3 Å². The summed E-state index contributed by atoms with van der Waals surface area (Å²) in [5.41, 5.74) is 0.195. The number of benzene rings is 1. The molecule has 8 nitrogen and oxygen atoms in total. The van der Waals surface area contributed by atoms with Crippen molar-refractivity contribution in [3.05, 3.63) is 49.1 Å². The van der Waals surface area contributed by atoms with E-state index in [4.69, 9.17) is 19.0 Å². The lowest BCUT2D eigenvalue weighted by Gasteiger charge is -2.26. The first-order valence-corrected chi connectivity index (χ1v) is 9.72. The molecule has 1 aromatic carbocycles. The molecule has 2 heterocycles. The number of aromatic nitrogens is 2. The van der Waals surface area contributed by atoms with Gasteiger partial charge in [-0.15, -0.1) is 0 Å². The predicted octanol–water partition coefficient (Wildman–Crippen LogP) is 2.74. The second kappa shape index (κ2) is 11.5. The molecular formula is C19H24BF4N3O5. The van der Waals surface area contributed by atoms with Crippen LogP contribution in [-0.4, -0.2) is 49.1 Å². The molecule has 176 valence electrons. The molecule has 3 rings (SSSR count). The van der Waals surface area contributed by atoms with Crippen LogP contribution in [-0.2, 0) is 32.7 Å². The summed E-state index contributed by atoms with van der Waals surface area (Å²) in [4.78, 5) is 17.5. The van der Waals surface area contributed by atoms with E-state index in [2.05, 4.69) is 5.16 Å². The number of oxime groups is 1. The first kappa shape index (κ1) is 25.2. The highest BCUT2D eigenvalue weighted by Gasteiger charge is 2.44. The molecule has 32 heavy (non-hydrogen) atoms. The van der Waals surface area contributed by atoms with E-state index in [-0.39, 0.29) is 25.3 Å². The van der Waals surface area contributed by atoms with Gasteiger partial charge in [0.05, 0.1) is 26.7 Å². The van der Waals surface area contributed by atoms with Crippen LogP contribution < -0.4 is 9.30 Å². The number of rotatable bonds is 9. The third kappa shape index (κ3) is 8.96. The van der Waals surface area contributed by atoms with Gasteiger partial charge < -0.3 is 36.3 Å². The first-order chi connectivity index (χ1) is 15.1. The number of nitrogens with zero attached hydrogens (tertiary/aromatic N) is 3. The molecule has 1 atom stereocenters. The van der Waals surface area contributed by atoms with Crippen molar-refractivity contribution in [2.45, 2.75) is 25.7 Å². The quantitative estimate of drug-likeness (QED) is 0.249. The molecule has 1 aliphatic heterocycles. The van der Waals surface area contributed by atoms with Gasteiger partial charge in [-0.3, -0.25) is 0 Å². The van der Waals surface area contributed by atoms with Gasteiger partial charge in [0.25, 0.3) is 5.79 Å². The van der Waals surface area contributed by atoms with Crippen molar-refractivity contribution in [2.24, 2.45) is 12.2 Å². The summed E-state index contributed by atoms with van der Waals surface area (Å²) in [6.45, 7) is 3.12. The third-order valence-corrected chi connectivity index (χ3v) is 4.01. The van der Waals surface area contributed by atoms with Gasteiger partial charge >= 0.3 is 13.2 Å². The molecule has 0 amide bonds. The Morgan fingerprint density at radius 2 is 1.97 bits per heavy atom. The van der Waals surface area contributed by atoms with Crippen molar-refractivity contribution in [2.75, 3.05) is 19.8 Å². The van der Waals surface area contributed by atoms with Crippen LogP contribution in [0.25, 0.3) is 0 Å². The number of hydrogen-bond acceptors (Lipinski definition) is 6. The van der Waals surface area contributed by atoms with Crippen LogP contribution in [0.2, 0.25) is 0 Å². The Morgan fingerprint density at radius 1 is 1.28 bits per heavy atom. The van der Waals surface area contributed by atoms with Gasteiger partial charge in [-0.1, -0.05) is 23.4 Å². The minimum absolute atomic E-state index is 0.100. The Hall–Kier alpha value is -3.09. The van der Waals surface area contributed by atoms with Crippen LogP contribution >= 0.6 is 0 Å². The molecule has 0 aliphatic carbocycles. The molecular weight excluding hydrogens is 437 g/mol. The fourth-order valence-electron chi connectivity index (χ4n) is 2.66. The third-order valence-electron chi connectivity index (χ3n) is 4.01. The Labute approximate surface area is 182 Å². The zero-order valence-corrected chi connectivity index (χ0v) is 17.6. The number of halogens is 4. The van der Waals surface area contributed by atoms with Crippen LogP contribution in [0.15, 0.2) is 54.2 Å². The van der Waals surface area contributed by atoms with Gasteiger partial charge in [0.1, 0.15) is 24.7 Å². The molecule has 0 saturated carbocycles. The lowest BCUT2D eigenvalue weighted by molar-refractivity contribution is -0.671. The fourth-order valence-corrected chi connectivity index (χ4v) is 2.66. The van der Waals surface area contributed by atoms with E-state index in [1.807, 2.05) is 65.2 Å². The first-order valence-electron chi connectivity index (χ1n) is 9.72. The molecule has 13 heteroatoms. The van der Waals surface area contributed by atoms with E-state index >= 15 is 0 Å². The summed E-state index contributed by atoms with van der Waals surface area (Å²) in [6.07, 6.45) is 6.01. The van der Waals surface area contributed by atoms with E-state index in [1.165, 1.54) is 0 Å². The van der Waals surface area contributed by atoms with E-state index in [1.54, 1.807) is 6.92 Å². The van der Waals surface area contributed by atoms with Gasteiger partial charge in [-0.2, -0.15) is 0 Å². The van der Waals surface area contributed by atoms with E-state index in [9.17, 15) is 22.1 Å². The number of imidazole rings is 1. The summed E-state index contributed by atoms with van der Waals surface area (Å²) in [6, 6.07) is 9.35. The number of ether oxygens (including phenoxy) is 3. The standard InChI is InChI=1S/C19H24N3O5.BF4/c1-3-24-18(23)17-13-19(27-20-17,14-25-16-7-5-4-6-8-16)26-12-11-22-10-9-21(2)15-22;2-1(3,4)5/h4-10,15H,3,11-14H2,1-2H3;/q+1;-1. The lowest BCUT2D eigenvalue weighted by Crippen LogP contribution is -2.41. The molecule has 1 aromatic heterocycles. The zero-order valence-electron chi connectivity index (χ0n) is 17.6. The van der Waals surface area contributed by atoms with Crippen molar-refractivity contribution in [3.63, 3.8) is 0 Å². The second-order valence-corrected chi connectivity index (χ2v) is 6.70. The van der Waals surface area contributed by atoms with Gasteiger partial charge in [0.2, 0.25) is 6.33 Å². The van der Waals surface area contributed by atoms with Gasteiger partial charge in [-0.05, 0) is 19.1 Å². The number of esters is 1. The Kier molecular flexibility index (Phi) is 9.06. The molecule has 1 aliphatic rings. The molecule has 0 radical (unpaired) electrons. The zero-order chi connectivity index (χ0) is 23.6. The average molecular weight is 461 g/mol. The molecule has 0 spiro atoms. The SMILES string of the molecule is CCOC(=O)C1=NOC(COc2ccccc2)(OCCn2cc[n+](C)c2)C1.F[B-](F)(F)F. The molecule has 2 aromatic rings. The number of para-hydroxylation sites is 1. The smallest absolute Gasteiger partial charge is 0.487 e. The monoisotopic (exact) mass is 461 g/mol. The topological polar surface area (TPSA) is 75.2 Å². The Morgan fingerprint density at radius 3 is 2.56 bits per heavy atom. The summed E-state index contributed by atoms with van der Waals surface area (Å²) >= 11 is 0. The second-order valence-electron chi connectivity index (χ2n) is 6.70. The molecule has 0 N–H and O–H groups in total. The molecule has 0 fully saturated rings. The highest BCUT2D eigenvalue weighted by atomic mass is 19.5. The maximum atomic E-state index is 12.0. The predicted molar refractivity (Wildman–Crippen MR) is 106 cm³/mol. The Bertz CT molecular complexity index is 889. The van der Waals surface area contributed by atoms with Crippen molar-refractivity contribution in [1.82, 2.24) is 4.57 Å². The highest BCUT2D eigenvalue weighted by molar-refractivity contribution is 6.50. The summed E-state index contributed by atoms with van der Waals surface area (Å²) < 4.78 is 59.7. The van der Waals surface area contributed by atoms with Gasteiger partial charge in [0.15, 0.2) is 12.3 Å². The summed E-state index contributed by atoms with van der Waals surface area (Å²) in [5, 5.41) is 3.88. The van der Waals surface area contributed by atoms with Crippen LogP contribution in [0.1, 0.15) is 13.3 Å².